The zero-order valence-electron chi connectivity index (χ0n) is 15.6. The van der Waals surface area contributed by atoms with Crippen LogP contribution < -0.4 is 0 Å². The van der Waals surface area contributed by atoms with Gasteiger partial charge in [0.25, 0.3) is 0 Å². The molecule has 1 rings (SSSR count). The summed E-state index contributed by atoms with van der Waals surface area (Å²) in [7, 11) is 0. The molecule has 2 unspecified atom stereocenters. The zero-order chi connectivity index (χ0) is 15.8. The zero-order valence-corrected chi connectivity index (χ0v) is 15.6. The van der Waals surface area contributed by atoms with E-state index in [2.05, 4.69) is 67.2 Å². The minimum absolute atomic E-state index is 0.243. The van der Waals surface area contributed by atoms with E-state index in [4.69, 9.17) is 0 Å². The molecule has 1 saturated heterocycles. The Kier molecular flexibility index (Phi) is 5.39. The van der Waals surface area contributed by atoms with Crippen LogP contribution in [0.2, 0.25) is 0 Å². The van der Waals surface area contributed by atoms with Crippen LogP contribution in [-0.2, 0) is 0 Å². The molecular formula is C19H39N. The summed E-state index contributed by atoms with van der Waals surface area (Å²) in [6.07, 6.45) is 6.91. The van der Waals surface area contributed by atoms with Gasteiger partial charge in [0.1, 0.15) is 0 Å². The fraction of sp³-hybridized carbons (Fsp3) is 1.00. The van der Waals surface area contributed by atoms with Gasteiger partial charge in [-0.1, -0.05) is 60.8 Å². The highest BCUT2D eigenvalue weighted by atomic mass is 15.3. The highest BCUT2D eigenvalue weighted by Crippen LogP contribution is 2.42. The highest BCUT2D eigenvalue weighted by molar-refractivity contribution is 4.98. The van der Waals surface area contributed by atoms with Crippen LogP contribution in [0.1, 0.15) is 94.4 Å². The van der Waals surface area contributed by atoms with Gasteiger partial charge in [-0.15, -0.1) is 0 Å². The van der Waals surface area contributed by atoms with Gasteiger partial charge in [-0.25, -0.2) is 0 Å². The summed E-state index contributed by atoms with van der Waals surface area (Å²) in [6, 6.07) is 1.37. The van der Waals surface area contributed by atoms with E-state index in [0.717, 1.165) is 0 Å². The summed E-state index contributed by atoms with van der Waals surface area (Å²) in [4.78, 5) is 2.88. The Labute approximate surface area is 128 Å². The van der Waals surface area contributed by atoms with Crippen molar-refractivity contribution in [3.05, 3.63) is 0 Å². The number of hydrogen-bond donors (Lipinski definition) is 0. The molecule has 0 N–H and O–H groups in total. The Morgan fingerprint density at radius 3 is 1.20 bits per heavy atom. The highest BCUT2D eigenvalue weighted by Gasteiger charge is 2.44. The average molecular weight is 282 g/mol. The van der Waals surface area contributed by atoms with Gasteiger partial charge in [-0.05, 0) is 44.4 Å². The molecule has 1 heteroatoms. The lowest BCUT2D eigenvalue weighted by atomic mass is 9.73. The molecular weight excluding hydrogens is 242 g/mol. The molecule has 0 aromatic heterocycles. The standard InChI is InChI=1S/C19H39N/c1-17(2,3)15-13-11-10-12-14-16(18(4,5)6)20(15)19(7,8)9/h15-16H,10-14H2,1-9H3. The van der Waals surface area contributed by atoms with Crippen LogP contribution in [-0.4, -0.2) is 22.5 Å². The van der Waals surface area contributed by atoms with Crippen LogP contribution in [0.25, 0.3) is 0 Å². The van der Waals surface area contributed by atoms with E-state index in [1.54, 1.807) is 0 Å². The van der Waals surface area contributed by atoms with Crippen molar-refractivity contribution in [3.8, 4) is 0 Å². The van der Waals surface area contributed by atoms with Gasteiger partial charge in [0, 0.05) is 17.6 Å². The van der Waals surface area contributed by atoms with E-state index >= 15 is 0 Å². The van der Waals surface area contributed by atoms with Gasteiger partial charge < -0.3 is 0 Å². The van der Waals surface area contributed by atoms with Crippen molar-refractivity contribution < 1.29 is 0 Å². The molecule has 120 valence electrons. The minimum atomic E-state index is 0.243. The molecule has 1 nitrogen and oxygen atoms in total. The fourth-order valence-electron chi connectivity index (χ4n) is 3.98. The third-order valence-corrected chi connectivity index (χ3v) is 4.90. The Hall–Kier alpha value is -0.0400. The summed E-state index contributed by atoms with van der Waals surface area (Å²) in [5.74, 6) is 0. The molecule has 1 aliphatic rings. The SMILES string of the molecule is CC(C)(C)C1CCCCCC(C(C)(C)C)N1C(C)(C)C. The van der Waals surface area contributed by atoms with Crippen LogP contribution in [0.5, 0.6) is 0 Å². The van der Waals surface area contributed by atoms with Crippen LogP contribution in [0.15, 0.2) is 0 Å². The van der Waals surface area contributed by atoms with Crippen molar-refractivity contribution >= 4 is 0 Å². The first-order valence-electron chi connectivity index (χ1n) is 8.63. The topological polar surface area (TPSA) is 3.24 Å². The van der Waals surface area contributed by atoms with Gasteiger partial charge in [0.2, 0.25) is 0 Å². The summed E-state index contributed by atoms with van der Waals surface area (Å²) in [6.45, 7) is 21.8. The first-order chi connectivity index (χ1) is 8.85. The van der Waals surface area contributed by atoms with Gasteiger partial charge in [0.05, 0.1) is 0 Å². The van der Waals surface area contributed by atoms with E-state index in [1.165, 1.54) is 32.1 Å². The molecule has 0 aliphatic carbocycles. The molecule has 2 atom stereocenters. The van der Waals surface area contributed by atoms with Crippen molar-refractivity contribution in [2.45, 2.75) is 112 Å². The second kappa shape index (κ2) is 5.99. The van der Waals surface area contributed by atoms with Crippen LogP contribution in [0.3, 0.4) is 0 Å². The number of likely N-dealkylation sites (tertiary alicyclic amines) is 1. The van der Waals surface area contributed by atoms with Crippen molar-refractivity contribution in [3.63, 3.8) is 0 Å². The third-order valence-electron chi connectivity index (χ3n) is 4.90. The summed E-state index contributed by atoms with van der Waals surface area (Å²) in [5, 5.41) is 0. The van der Waals surface area contributed by atoms with Crippen LogP contribution in [0.4, 0.5) is 0 Å². The van der Waals surface area contributed by atoms with Crippen LogP contribution in [0, 0.1) is 10.8 Å². The van der Waals surface area contributed by atoms with Crippen molar-refractivity contribution in [1.29, 1.82) is 0 Å². The van der Waals surface area contributed by atoms with E-state index in [1.807, 2.05) is 0 Å². The van der Waals surface area contributed by atoms with Gasteiger partial charge in [-0.3, -0.25) is 4.90 Å². The third kappa shape index (κ3) is 4.48. The molecule has 0 spiro atoms. The lowest BCUT2D eigenvalue weighted by Gasteiger charge is -2.55. The Morgan fingerprint density at radius 1 is 0.600 bits per heavy atom. The molecule has 0 bridgehead atoms. The molecule has 0 saturated carbocycles. The van der Waals surface area contributed by atoms with Gasteiger partial charge in [-0.2, -0.15) is 0 Å². The Balaban J connectivity index is 3.24. The maximum absolute atomic E-state index is 2.88. The Morgan fingerprint density at radius 2 is 0.950 bits per heavy atom. The van der Waals surface area contributed by atoms with E-state index in [-0.39, 0.29) is 5.54 Å². The molecule has 1 fully saturated rings. The molecule has 0 amide bonds. The predicted molar refractivity (Wildman–Crippen MR) is 91.2 cm³/mol. The quantitative estimate of drug-likeness (QED) is 0.536. The second-order valence-corrected chi connectivity index (χ2v) is 9.98. The smallest absolute Gasteiger partial charge is 0.0152 e. The molecule has 20 heavy (non-hydrogen) atoms. The molecule has 0 aromatic carbocycles. The lowest BCUT2D eigenvalue weighted by Crippen LogP contribution is -2.61. The maximum atomic E-state index is 2.88. The summed E-state index contributed by atoms with van der Waals surface area (Å²) < 4.78 is 0. The lowest BCUT2D eigenvalue weighted by molar-refractivity contribution is -0.0647. The summed E-state index contributed by atoms with van der Waals surface area (Å²) >= 11 is 0. The molecule has 0 aromatic rings. The predicted octanol–water partition coefficient (Wildman–Crippen LogP) is 5.88. The first kappa shape index (κ1) is 18.0. The molecule has 1 aliphatic heterocycles. The largest absolute Gasteiger partial charge is 0.292 e. The monoisotopic (exact) mass is 281 g/mol. The van der Waals surface area contributed by atoms with Gasteiger partial charge in [0.15, 0.2) is 0 Å². The van der Waals surface area contributed by atoms with Crippen LogP contribution >= 0.6 is 0 Å². The van der Waals surface area contributed by atoms with Crippen molar-refractivity contribution in [2.75, 3.05) is 0 Å². The molecule has 0 radical (unpaired) electrons. The average Bonchev–Trinajstić information content (AvgIpc) is 2.09. The van der Waals surface area contributed by atoms with E-state index in [9.17, 15) is 0 Å². The number of nitrogens with zero attached hydrogens (tertiary/aromatic N) is 1. The maximum Gasteiger partial charge on any atom is 0.0152 e. The second-order valence-electron chi connectivity index (χ2n) is 9.98. The Bertz CT molecular complexity index is 273. The normalized spacial score (nSPS) is 28.1. The first-order valence-corrected chi connectivity index (χ1v) is 8.63. The minimum Gasteiger partial charge on any atom is -0.292 e. The van der Waals surface area contributed by atoms with E-state index < -0.39 is 0 Å². The van der Waals surface area contributed by atoms with E-state index in [0.29, 0.717) is 22.9 Å². The fourth-order valence-corrected chi connectivity index (χ4v) is 3.98. The van der Waals surface area contributed by atoms with Crippen molar-refractivity contribution in [1.82, 2.24) is 4.90 Å². The molecule has 1 heterocycles. The van der Waals surface area contributed by atoms with Crippen molar-refractivity contribution in [2.24, 2.45) is 10.8 Å². The number of hydrogen-bond acceptors (Lipinski definition) is 1. The van der Waals surface area contributed by atoms with Gasteiger partial charge >= 0.3 is 0 Å². The summed E-state index contributed by atoms with van der Waals surface area (Å²) in [5.41, 5.74) is 0.954. The number of rotatable bonds is 0.